The van der Waals surface area contributed by atoms with E-state index >= 15 is 0 Å². The predicted octanol–water partition coefficient (Wildman–Crippen LogP) is 14.6. The van der Waals surface area contributed by atoms with Crippen LogP contribution in [0.15, 0.2) is 0 Å². The molecule has 0 fully saturated rings. The molecule has 276 valence electrons. The summed E-state index contributed by atoms with van der Waals surface area (Å²) in [6, 6.07) is 0. The zero-order chi connectivity index (χ0) is 34.2. The van der Waals surface area contributed by atoms with Gasteiger partial charge in [-0.05, 0) is 25.7 Å². The molecule has 1 N–H and O–H groups in total. The number of ether oxygens (including phenoxy) is 1. The van der Waals surface area contributed by atoms with Crippen LogP contribution in [0, 0.1) is 5.92 Å². The van der Waals surface area contributed by atoms with Crippen molar-refractivity contribution in [2.24, 2.45) is 5.92 Å². The van der Waals surface area contributed by atoms with E-state index < -0.39 is 5.97 Å². The molecule has 0 aliphatic heterocycles. The molecule has 4 heteroatoms. The van der Waals surface area contributed by atoms with Crippen LogP contribution in [0.5, 0.6) is 0 Å². The third-order valence-corrected chi connectivity index (χ3v) is 9.47. The van der Waals surface area contributed by atoms with Crippen molar-refractivity contribution in [1.29, 1.82) is 0 Å². The second-order valence-corrected chi connectivity index (χ2v) is 14.1. The largest absolute Gasteiger partial charge is 0.481 e. The lowest BCUT2D eigenvalue weighted by molar-refractivity contribution is -0.149. The van der Waals surface area contributed by atoms with E-state index in [0.29, 0.717) is 13.0 Å². The van der Waals surface area contributed by atoms with Crippen molar-refractivity contribution in [2.45, 2.75) is 246 Å². The second kappa shape index (κ2) is 42.0. The standard InChI is InChI=1S/C26H52O2.C16H32O2/c1-4-7-9-11-12-13-14-15-16-17-18-19-20-21-23-25(6-3)26(27)28-24-22-10-8-5-2;1-2-3-4-5-6-7-8-9-10-11-12-13-14-15-16(17)18/h25H,4-24H2,1-3H3;2-15H2,1H3,(H,17,18). The maximum absolute atomic E-state index is 12.1. The molecule has 0 saturated heterocycles. The quantitative estimate of drug-likeness (QED) is 0.0540. The first-order valence-corrected chi connectivity index (χ1v) is 20.9. The predicted molar refractivity (Wildman–Crippen MR) is 202 cm³/mol. The van der Waals surface area contributed by atoms with Crippen molar-refractivity contribution in [3.8, 4) is 0 Å². The fourth-order valence-electron chi connectivity index (χ4n) is 6.19. The van der Waals surface area contributed by atoms with Crippen LogP contribution in [0.2, 0.25) is 0 Å². The number of carbonyl (C=O) groups is 2. The van der Waals surface area contributed by atoms with Crippen molar-refractivity contribution in [3.05, 3.63) is 0 Å². The van der Waals surface area contributed by atoms with Gasteiger partial charge in [0.2, 0.25) is 0 Å². The Hall–Kier alpha value is -1.06. The molecule has 4 nitrogen and oxygen atoms in total. The zero-order valence-electron chi connectivity index (χ0n) is 32.0. The van der Waals surface area contributed by atoms with Gasteiger partial charge in [0.05, 0.1) is 12.5 Å². The number of hydrogen-bond donors (Lipinski definition) is 1. The second-order valence-electron chi connectivity index (χ2n) is 14.1. The Morgan fingerprint density at radius 3 is 1.07 bits per heavy atom. The monoisotopic (exact) mass is 653 g/mol. The van der Waals surface area contributed by atoms with Crippen LogP contribution >= 0.6 is 0 Å². The smallest absolute Gasteiger partial charge is 0.308 e. The summed E-state index contributed by atoms with van der Waals surface area (Å²) >= 11 is 0. The summed E-state index contributed by atoms with van der Waals surface area (Å²) in [5.74, 6) is -0.477. The van der Waals surface area contributed by atoms with Crippen LogP contribution in [-0.2, 0) is 14.3 Å². The topological polar surface area (TPSA) is 63.6 Å². The summed E-state index contributed by atoms with van der Waals surface area (Å²) in [6.45, 7) is 9.49. The number of carboxylic acids is 1. The Morgan fingerprint density at radius 1 is 0.435 bits per heavy atom. The number of esters is 1. The lowest BCUT2D eigenvalue weighted by Gasteiger charge is -2.14. The molecule has 0 heterocycles. The van der Waals surface area contributed by atoms with Crippen LogP contribution in [0.4, 0.5) is 0 Å². The molecular weight excluding hydrogens is 568 g/mol. The third kappa shape index (κ3) is 41.0. The highest BCUT2D eigenvalue weighted by Gasteiger charge is 2.17. The Balaban J connectivity index is 0. The molecule has 1 atom stereocenters. The van der Waals surface area contributed by atoms with Crippen LogP contribution in [-0.4, -0.2) is 23.7 Å². The minimum atomic E-state index is -0.655. The number of rotatable bonds is 36. The third-order valence-electron chi connectivity index (χ3n) is 9.47. The van der Waals surface area contributed by atoms with E-state index in [1.165, 1.54) is 180 Å². The molecule has 0 aromatic rings. The molecule has 0 bridgehead atoms. The highest BCUT2D eigenvalue weighted by molar-refractivity contribution is 5.72. The first kappa shape index (κ1) is 47.1. The molecule has 46 heavy (non-hydrogen) atoms. The highest BCUT2D eigenvalue weighted by atomic mass is 16.5. The summed E-state index contributed by atoms with van der Waals surface area (Å²) in [7, 11) is 0. The van der Waals surface area contributed by atoms with Crippen LogP contribution < -0.4 is 0 Å². The van der Waals surface area contributed by atoms with Gasteiger partial charge in [-0.25, -0.2) is 0 Å². The highest BCUT2D eigenvalue weighted by Crippen LogP contribution is 2.18. The van der Waals surface area contributed by atoms with Gasteiger partial charge in [0, 0.05) is 6.42 Å². The first-order valence-electron chi connectivity index (χ1n) is 20.9. The Morgan fingerprint density at radius 2 is 0.739 bits per heavy atom. The van der Waals surface area contributed by atoms with Gasteiger partial charge < -0.3 is 9.84 Å². The Bertz CT molecular complexity index is 590. The van der Waals surface area contributed by atoms with Gasteiger partial charge in [-0.2, -0.15) is 0 Å². The van der Waals surface area contributed by atoms with Crippen molar-refractivity contribution >= 4 is 11.9 Å². The first-order chi connectivity index (χ1) is 22.5. The zero-order valence-corrected chi connectivity index (χ0v) is 32.0. The van der Waals surface area contributed by atoms with Crippen molar-refractivity contribution in [2.75, 3.05) is 6.61 Å². The van der Waals surface area contributed by atoms with Gasteiger partial charge in [-0.15, -0.1) is 0 Å². The minimum absolute atomic E-state index is 0.0497. The van der Waals surface area contributed by atoms with Gasteiger partial charge >= 0.3 is 11.9 Å². The lowest BCUT2D eigenvalue weighted by Crippen LogP contribution is -2.17. The Labute approximate surface area is 289 Å². The molecule has 0 saturated carbocycles. The fourth-order valence-corrected chi connectivity index (χ4v) is 6.19. The van der Waals surface area contributed by atoms with Gasteiger partial charge in [0.1, 0.15) is 0 Å². The Kier molecular flexibility index (Phi) is 42.9. The molecule has 0 rings (SSSR count). The maximum atomic E-state index is 12.1. The van der Waals surface area contributed by atoms with Crippen LogP contribution in [0.3, 0.4) is 0 Å². The molecule has 0 aromatic carbocycles. The van der Waals surface area contributed by atoms with E-state index in [4.69, 9.17) is 9.84 Å². The molecule has 1 unspecified atom stereocenters. The number of aliphatic carboxylic acids is 1. The van der Waals surface area contributed by atoms with Crippen LogP contribution in [0.25, 0.3) is 0 Å². The molecule has 0 amide bonds. The number of unbranched alkanes of at least 4 members (excludes halogenated alkanes) is 28. The summed E-state index contributed by atoms with van der Waals surface area (Å²) in [5.41, 5.74) is 0. The molecule has 0 aliphatic rings. The number of hydrogen-bond acceptors (Lipinski definition) is 3. The average Bonchev–Trinajstić information content (AvgIpc) is 3.05. The van der Waals surface area contributed by atoms with Crippen molar-refractivity contribution in [3.63, 3.8) is 0 Å². The van der Waals surface area contributed by atoms with Gasteiger partial charge in [0.15, 0.2) is 0 Å². The minimum Gasteiger partial charge on any atom is -0.481 e. The summed E-state index contributed by atoms with van der Waals surface area (Å²) < 4.78 is 5.47. The lowest BCUT2D eigenvalue weighted by atomic mass is 9.97. The van der Waals surface area contributed by atoms with Gasteiger partial charge in [-0.1, -0.05) is 214 Å². The van der Waals surface area contributed by atoms with Crippen molar-refractivity contribution < 1.29 is 19.4 Å². The van der Waals surface area contributed by atoms with E-state index in [0.717, 1.165) is 32.1 Å². The van der Waals surface area contributed by atoms with E-state index in [1.54, 1.807) is 0 Å². The van der Waals surface area contributed by atoms with Crippen LogP contribution in [0.1, 0.15) is 246 Å². The van der Waals surface area contributed by atoms with E-state index in [2.05, 4.69) is 27.7 Å². The summed E-state index contributed by atoms with van der Waals surface area (Å²) in [6.07, 6.45) is 43.2. The van der Waals surface area contributed by atoms with E-state index in [1.807, 2.05) is 0 Å². The molecular formula is C42H84O4. The van der Waals surface area contributed by atoms with Gasteiger partial charge in [-0.3, -0.25) is 9.59 Å². The SMILES string of the molecule is CCCCCCCCCCCCCCCC(=O)O.CCCCCCCCCCCCCCCCC(CC)C(=O)OCCCCCC. The van der Waals surface area contributed by atoms with Crippen molar-refractivity contribution in [1.82, 2.24) is 0 Å². The number of carbonyl (C=O) groups excluding carboxylic acids is 1. The molecule has 0 aliphatic carbocycles. The summed E-state index contributed by atoms with van der Waals surface area (Å²) in [4.78, 5) is 22.5. The maximum Gasteiger partial charge on any atom is 0.308 e. The molecule has 0 radical (unpaired) electrons. The normalized spacial score (nSPS) is 11.7. The van der Waals surface area contributed by atoms with E-state index in [-0.39, 0.29) is 11.9 Å². The molecule has 0 spiro atoms. The molecule has 0 aromatic heterocycles. The average molecular weight is 653 g/mol. The number of carboxylic acid groups (broad SMARTS) is 1. The fraction of sp³-hybridized carbons (Fsp3) is 0.952. The summed E-state index contributed by atoms with van der Waals surface area (Å²) in [5, 5.41) is 8.49. The van der Waals surface area contributed by atoms with E-state index in [9.17, 15) is 9.59 Å². The van der Waals surface area contributed by atoms with Gasteiger partial charge in [0.25, 0.3) is 0 Å².